The first-order valence-electron chi connectivity index (χ1n) is 7.87. The molecule has 2 saturated heterocycles. The van der Waals surface area contributed by atoms with Gasteiger partial charge >= 0.3 is 6.09 Å². The molecule has 2 heterocycles. The molecule has 3 rings (SSSR count). The van der Waals surface area contributed by atoms with Gasteiger partial charge in [0.2, 0.25) is 5.91 Å². The Morgan fingerprint density at radius 2 is 2.17 bits per heavy atom. The number of carbonyl (C=O) groups excluding carboxylic acids is 3. The summed E-state index contributed by atoms with van der Waals surface area (Å²) in [5.41, 5.74) is 2.33. The molecule has 3 amide bonds. The van der Waals surface area contributed by atoms with Crippen LogP contribution in [0.1, 0.15) is 24.0 Å². The minimum atomic E-state index is -0.589. The zero-order valence-electron chi connectivity index (χ0n) is 13.2. The standard InChI is InChI=1S/C17H20N2O4/c1-12-3-2-4-13(9-12)5-6-15(20)18-8-7-14(10-18)19-16(21)11-23-17(19)22/h2-4,9,14H,5-8,10-11H2,1H3. The van der Waals surface area contributed by atoms with Gasteiger partial charge in [0, 0.05) is 19.5 Å². The second-order valence-electron chi connectivity index (χ2n) is 6.09. The summed E-state index contributed by atoms with van der Waals surface area (Å²) in [5.74, 6) is -0.247. The zero-order chi connectivity index (χ0) is 16.4. The van der Waals surface area contributed by atoms with E-state index in [2.05, 4.69) is 6.07 Å². The van der Waals surface area contributed by atoms with Crippen molar-refractivity contribution in [2.45, 2.75) is 32.2 Å². The summed E-state index contributed by atoms with van der Waals surface area (Å²) in [7, 11) is 0. The number of nitrogens with zero attached hydrogens (tertiary/aromatic N) is 2. The van der Waals surface area contributed by atoms with Gasteiger partial charge in [-0.25, -0.2) is 9.69 Å². The van der Waals surface area contributed by atoms with E-state index in [1.165, 1.54) is 5.56 Å². The number of amides is 3. The van der Waals surface area contributed by atoms with Crippen molar-refractivity contribution in [1.29, 1.82) is 0 Å². The van der Waals surface area contributed by atoms with Crippen LogP contribution in [0.15, 0.2) is 24.3 Å². The van der Waals surface area contributed by atoms with E-state index < -0.39 is 6.09 Å². The van der Waals surface area contributed by atoms with Crippen LogP contribution in [0.4, 0.5) is 4.79 Å². The van der Waals surface area contributed by atoms with E-state index in [-0.39, 0.29) is 24.5 Å². The van der Waals surface area contributed by atoms with Crippen molar-refractivity contribution in [3.8, 4) is 0 Å². The number of aryl methyl sites for hydroxylation is 2. The fraction of sp³-hybridized carbons (Fsp3) is 0.471. The van der Waals surface area contributed by atoms with Crippen LogP contribution >= 0.6 is 0 Å². The van der Waals surface area contributed by atoms with Crippen molar-refractivity contribution in [1.82, 2.24) is 9.80 Å². The van der Waals surface area contributed by atoms with E-state index in [1.54, 1.807) is 4.90 Å². The Morgan fingerprint density at radius 1 is 1.35 bits per heavy atom. The minimum Gasteiger partial charge on any atom is -0.439 e. The fourth-order valence-electron chi connectivity index (χ4n) is 3.17. The van der Waals surface area contributed by atoms with Gasteiger partial charge in [0.1, 0.15) is 0 Å². The van der Waals surface area contributed by atoms with Crippen LogP contribution in [-0.2, 0) is 20.7 Å². The van der Waals surface area contributed by atoms with Crippen LogP contribution in [0.2, 0.25) is 0 Å². The maximum Gasteiger partial charge on any atom is 0.417 e. The Balaban J connectivity index is 1.53. The molecule has 0 aromatic heterocycles. The Bertz CT molecular complexity index is 627. The summed E-state index contributed by atoms with van der Waals surface area (Å²) in [5, 5.41) is 0. The second kappa shape index (κ2) is 6.40. The van der Waals surface area contributed by atoms with Gasteiger partial charge in [0.25, 0.3) is 5.91 Å². The first-order chi connectivity index (χ1) is 11.0. The molecule has 122 valence electrons. The lowest BCUT2D eigenvalue weighted by molar-refractivity contribution is -0.131. The average Bonchev–Trinajstić information content (AvgIpc) is 3.12. The van der Waals surface area contributed by atoms with Gasteiger partial charge in [-0.15, -0.1) is 0 Å². The third kappa shape index (κ3) is 3.36. The van der Waals surface area contributed by atoms with Gasteiger partial charge < -0.3 is 9.64 Å². The highest BCUT2D eigenvalue weighted by atomic mass is 16.6. The smallest absolute Gasteiger partial charge is 0.417 e. The maximum absolute atomic E-state index is 12.3. The number of cyclic esters (lactones) is 1. The quantitative estimate of drug-likeness (QED) is 0.844. The third-order valence-electron chi connectivity index (χ3n) is 4.38. The highest BCUT2D eigenvalue weighted by molar-refractivity contribution is 5.98. The molecular weight excluding hydrogens is 296 g/mol. The van der Waals surface area contributed by atoms with Gasteiger partial charge in [0.05, 0.1) is 6.04 Å². The topological polar surface area (TPSA) is 66.9 Å². The summed E-state index contributed by atoms with van der Waals surface area (Å²) in [6, 6.07) is 7.87. The van der Waals surface area contributed by atoms with E-state index in [0.29, 0.717) is 32.4 Å². The molecule has 2 aliphatic heterocycles. The molecule has 0 bridgehead atoms. The third-order valence-corrected chi connectivity index (χ3v) is 4.38. The Labute approximate surface area is 135 Å². The number of hydrogen-bond donors (Lipinski definition) is 0. The maximum atomic E-state index is 12.3. The molecule has 0 spiro atoms. The van der Waals surface area contributed by atoms with E-state index in [1.807, 2.05) is 25.1 Å². The van der Waals surface area contributed by atoms with Crippen molar-refractivity contribution < 1.29 is 19.1 Å². The molecule has 6 nitrogen and oxygen atoms in total. The van der Waals surface area contributed by atoms with Crippen LogP contribution in [-0.4, -0.2) is 53.4 Å². The number of imide groups is 1. The lowest BCUT2D eigenvalue weighted by Gasteiger charge is -2.20. The first kappa shape index (κ1) is 15.5. The molecule has 0 saturated carbocycles. The summed E-state index contributed by atoms with van der Waals surface area (Å²) in [6.07, 6.45) is 1.17. The van der Waals surface area contributed by atoms with Gasteiger partial charge in [0.15, 0.2) is 6.61 Å². The zero-order valence-corrected chi connectivity index (χ0v) is 13.2. The molecular formula is C17H20N2O4. The largest absolute Gasteiger partial charge is 0.439 e. The summed E-state index contributed by atoms with van der Waals surface area (Å²) in [4.78, 5) is 38.5. The molecule has 0 N–H and O–H groups in total. The predicted molar refractivity (Wildman–Crippen MR) is 82.7 cm³/mol. The van der Waals surface area contributed by atoms with Crippen LogP contribution in [0.5, 0.6) is 0 Å². The van der Waals surface area contributed by atoms with Crippen molar-refractivity contribution in [3.63, 3.8) is 0 Å². The minimum absolute atomic E-state index is 0.0639. The number of likely N-dealkylation sites (tertiary alicyclic amines) is 1. The molecule has 2 fully saturated rings. The van der Waals surface area contributed by atoms with E-state index in [0.717, 1.165) is 10.5 Å². The average molecular weight is 316 g/mol. The summed E-state index contributed by atoms with van der Waals surface area (Å²) in [6.45, 7) is 2.83. The molecule has 23 heavy (non-hydrogen) atoms. The van der Waals surface area contributed by atoms with Crippen LogP contribution < -0.4 is 0 Å². The lowest BCUT2D eigenvalue weighted by atomic mass is 10.1. The fourth-order valence-corrected chi connectivity index (χ4v) is 3.17. The number of benzene rings is 1. The van der Waals surface area contributed by atoms with E-state index in [4.69, 9.17) is 4.74 Å². The van der Waals surface area contributed by atoms with E-state index >= 15 is 0 Å². The molecule has 1 unspecified atom stereocenters. The molecule has 2 aliphatic rings. The molecule has 1 atom stereocenters. The van der Waals surface area contributed by atoms with Gasteiger partial charge in [-0.1, -0.05) is 29.8 Å². The Kier molecular flexibility index (Phi) is 4.32. The highest BCUT2D eigenvalue weighted by Crippen LogP contribution is 2.21. The molecule has 0 radical (unpaired) electrons. The number of ether oxygens (including phenoxy) is 1. The molecule has 6 heteroatoms. The normalized spacial score (nSPS) is 21.0. The van der Waals surface area contributed by atoms with Crippen molar-refractivity contribution >= 4 is 17.9 Å². The first-order valence-corrected chi connectivity index (χ1v) is 7.87. The van der Waals surface area contributed by atoms with Crippen LogP contribution in [0.25, 0.3) is 0 Å². The monoisotopic (exact) mass is 316 g/mol. The van der Waals surface area contributed by atoms with Gasteiger partial charge in [-0.3, -0.25) is 9.59 Å². The van der Waals surface area contributed by atoms with Crippen molar-refractivity contribution in [2.75, 3.05) is 19.7 Å². The van der Waals surface area contributed by atoms with Crippen molar-refractivity contribution in [2.24, 2.45) is 0 Å². The summed E-state index contributed by atoms with van der Waals surface area (Å²) < 4.78 is 4.74. The lowest BCUT2D eigenvalue weighted by Crippen LogP contribution is -2.42. The number of hydrogen-bond acceptors (Lipinski definition) is 4. The number of rotatable bonds is 4. The van der Waals surface area contributed by atoms with Crippen LogP contribution in [0.3, 0.4) is 0 Å². The molecule has 1 aromatic carbocycles. The predicted octanol–water partition coefficient (Wildman–Crippen LogP) is 1.51. The summed E-state index contributed by atoms with van der Waals surface area (Å²) >= 11 is 0. The highest BCUT2D eigenvalue weighted by Gasteiger charge is 2.41. The van der Waals surface area contributed by atoms with E-state index in [9.17, 15) is 14.4 Å². The van der Waals surface area contributed by atoms with Gasteiger partial charge in [-0.05, 0) is 25.3 Å². The molecule has 0 aliphatic carbocycles. The SMILES string of the molecule is Cc1cccc(CCC(=O)N2CCC(N3C(=O)COC3=O)C2)c1. The Hall–Kier alpha value is -2.37. The molecule has 1 aromatic rings. The number of carbonyl (C=O) groups is 3. The van der Waals surface area contributed by atoms with Gasteiger partial charge in [-0.2, -0.15) is 0 Å². The van der Waals surface area contributed by atoms with Crippen molar-refractivity contribution in [3.05, 3.63) is 35.4 Å². The Morgan fingerprint density at radius 3 is 2.87 bits per heavy atom. The second-order valence-corrected chi connectivity index (χ2v) is 6.09. The van der Waals surface area contributed by atoms with Crippen LogP contribution in [0, 0.1) is 6.92 Å².